The van der Waals surface area contributed by atoms with Gasteiger partial charge in [-0.05, 0) is 46.9 Å². The first-order valence-electron chi connectivity index (χ1n) is 5.93. The lowest BCUT2D eigenvalue weighted by atomic mass is 10.3. The average Bonchev–Trinajstić information content (AvgIpc) is 2.48. The Hall–Kier alpha value is -1.61. The second-order valence-corrected chi connectivity index (χ2v) is 6.16. The molecule has 5 nitrogen and oxygen atoms in total. The molecule has 0 aliphatic carbocycles. The van der Waals surface area contributed by atoms with Crippen molar-refractivity contribution in [1.29, 1.82) is 0 Å². The summed E-state index contributed by atoms with van der Waals surface area (Å²) in [6.45, 7) is 0. The van der Waals surface area contributed by atoms with E-state index in [1.807, 2.05) is 24.3 Å². The van der Waals surface area contributed by atoms with Gasteiger partial charge in [-0.2, -0.15) is 0 Å². The fourth-order valence-corrected chi connectivity index (χ4v) is 2.73. The molecular formula is C14H11IN2O3S. The third kappa shape index (κ3) is 4.71. The number of carbonyl (C=O) groups is 2. The minimum Gasteiger partial charge on any atom is -0.478 e. The van der Waals surface area contributed by atoms with E-state index in [-0.39, 0.29) is 17.2 Å². The molecule has 0 fully saturated rings. The van der Waals surface area contributed by atoms with Crippen LogP contribution < -0.4 is 5.32 Å². The van der Waals surface area contributed by atoms with Crippen LogP contribution in [0.2, 0.25) is 0 Å². The predicted molar refractivity (Wildman–Crippen MR) is 89.7 cm³/mol. The van der Waals surface area contributed by atoms with Crippen LogP contribution in [0.15, 0.2) is 47.6 Å². The Labute approximate surface area is 139 Å². The highest BCUT2D eigenvalue weighted by Gasteiger charge is 2.08. The summed E-state index contributed by atoms with van der Waals surface area (Å²) in [4.78, 5) is 26.8. The maximum atomic E-state index is 11.9. The van der Waals surface area contributed by atoms with Crippen LogP contribution in [0.1, 0.15) is 10.4 Å². The molecule has 0 atom stereocenters. The van der Waals surface area contributed by atoms with Gasteiger partial charge in [0.05, 0.1) is 22.0 Å². The van der Waals surface area contributed by atoms with Crippen LogP contribution in [0.5, 0.6) is 0 Å². The molecule has 2 aromatic rings. The van der Waals surface area contributed by atoms with Crippen molar-refractivity contribution in [3.05, 3.63) is 51.7 Å². The number of nitrogens with zero attached hydrogens (tertiary/aromatic N) is 1. The summed E-state index contributed by atoms with van der Waals surface area (Å²) in [5, 5.41) is 12.2. The molecule has 108 valence electrons. The molecule has 0 aliphatic rings. The minimum atomic E-state index is -1.01. The SMILES string of the molecule is O=C(CSc1cc(C(=O)O)ccn1)Nc1ccccc1I. The molecule has 2 rings (SSSR count). The first kappa shape index (κ1) is 15.8. The summed E-state index contributed by atoms with van der Waals surface area (Å²) < 4.78 is 0.958. The van der Waals surface area contributed by atoms with Gasteiger partial charge in [-0.3, -0.25) is 4.79 Å². The third-order valence-corrected chi connectivity index (χ3v) is 4.35. The van der Waals surface area contributed by atoms with Crippen molar-refractivity contribution in [3.8, 4) is 0 Å². The number of anilines is 1. The Kier molecular flexibility index (Phi) is 5.57. The molecule has 1 heterocycles. The topological polar surface area (TPSA) is 79.3 Å². The van der Waals surface area contributed by atoms with Crippen LogP contribution in [-0.2, 0) is 4.79 Å². The second kappa shape index (κ2) is 7.41. The number of thioether (sulfide) groups is 1. The number of benzene rings is 1. The Morgan fingerprint density at radius 3 is 2.76 bits per heavy atom. The molecule has 21 heavy (non-hydrogen) atoms. The fourth-order valence-electron chi connectivity index (χ4n) is 1.51. The maximum Gasteiger partial charge on any atom is 0.335 e. The van der Waals surface area contributed by atoms with Gasteiger partial charge in [0.25, 0.3) is 0 Å². The lowest BCUT2D eigenvalue weighted by Crippen LogP contribution is -2.14. The molecule has 1 aromatic heterocycles. The first-order valence-corrected chi connectivity index (χ1v) is 7.99. The van der Waals surface area contributed by atoms with Crippen LogP contribution in [-0.4, -0.2) is 27.7 Å². The highest BCUT2D eigenvalue weighted by molar-refractivity contribution is 14.1. The van der Waals surface area contributed by atoms with Crippen molar-refractivity contribution in [2.24, 2.45) is 0 Å². The van der Waals surface area contributed by atoms with Crippen molar-refractivity contribution < 1.29 is 14.7 Å². The van der Waals surface area contributed by atoms with Gasteiger partial charge in [-0.1, -0.05) is 23.9 Å². The standard InChI is InChI=1S/C14H11IN2O3S/c15-10-3-1-2-4-11(10)17-12(18)8-21-13-7-9(14(19)20)5-6-16-13/h1-7H,8H2,(H,17,18)(H,19,20). The van der Waals surface area contributed by atoms with E-state index < -0.39 is 5.97 Å². The van der Waals surface area contributed by atoms with Gasteiger partial charge in [-0.25, -0.2) is 9.78 Å². The monoisotopic (exact) mass is 414 g/mol. The summed E-state index contributed by atoms with van der Waals surface area (Å²) in [5.74, 6) is -1.00. The zero-order chi connectivity index (χ0) is 15.2. The second-order valence-electron chi connectivity index (χ2n) is 4.00. The largest absolute Gasteiger partial charge is 0.478 e. The summed E-state index contributed by atoms with van der Waals surface area (Å²) >= 11 is 3.34. The van der Waals surface area contributed by atoms with Gasteiger partial charge in [-0.15, -0.1) is 0 Å². The predicted octanol–water partition coefficient (Wildman–Crippen LogP) is 3.12. The first-order chi connectivity index (χ1) is 10.1. The summed E-state index contributed by atoms with van der Waals surface area (Å²) in [6, 6.07) is 10.3. The lowest BCUT2D eigenvalue weighted by Gasteiger charge is -2.07. The van der Waals surface area contributed by atoms with E-state index in [2.05, 4.69) is 32.9 Å². The Balaban J connectivity index is 1.94. The number of carboxylic acids is 1. The zero-order valence-electron chi connectivity index (χ0n) is 10.7. The molecular weight excluding hydrogens is 403 g/mol. The van der Waals surface area contributed by atoms with Gasteiger partial charge >= 0.3 is 5.97 Å². The lowest BCUT2D eigenvalue weighted by molar-refractivity contribution is -0.113. The number of rotatable bonds is 5. The van der Waals surface area contributed by atoms with Gasteiger partial charge in [0.2, 0.25) is 5.91 Å². The van der Waals surface area contributed by atoms with E-state index in [1.54, 1.807) is 0 Å². The van der Waals surface area contributed by atoms with E-state index in [9.17, 15) is 9.59 Å². The van der Waals surface area contributed by atoms with Crippen LogP contribution in [0.3, 0.4) is 0 Å². The Bertz CT molecular complexity index is 679. The molecule has 1 amide bonds. The van der Waals surface area contributed by atoms with Gasteiger partial charge in [0.15, 0.2) is 0 Å². The molecule has 2 N–H and O–H groups in total. The number of para-hydroxylation sites is 1. The third-order valence-electron chi connectivity index (χ3n) is 2.48. The van der Waals surface area contributed by atoms with Gasteiger partial charge in [0, 0.05) is 9.77 Å². The number of pyridine rings is 1. The van der Waals surface area contributed by atoms with E-state index >= 15 is 0 Å². The van der Waals surface area contributed by atoms with Gasteiger partial charge in [0.1, 0.15) is 0 Å². The summed E-state index contributed by atoms with van der Waals surface area (Å²) in [5.41, 5.74) is 0.918. The average molecular weight is 414 g/mol. The summed E-state index contributed by atoms with van der Waals surface area (Å²) in [6.07, 6.45) is 1.42. The van der Waals surface area contributed by atoms with Gasteiger partial charge < -0.3 is 10.4 Å². The Morgan fingerprint density at radius 1 is 1.29 bits per heavy atom. The van der Waals surface area contributed by atoms with E-state index in [0.717, 1.165) is 9.26 Å². The smallest absolute Gasteiger partial charge is 0.335 e. The molecule has 1 aromatic carbocycles. The molecule has 0 bridgehead atoms. The highest BCUT2D eigenvalue weighted by atomic mass is 127. The zero-order valence-corrected chi connectivity index (χ0v) is 13.7. The fraction of sp³-hybridized carbons (Fsp3) is 0.0714. The molecule has 0 spiro atoms. The molecule has 0 unspecified atom stereocenters. The van der Waals surface area contributed by atoms with Crippen molar-refractivity contribution in [1.82, 2.24) is 4.98 Å². The molecule has 7 heteroatoms. The number of nitrogens with one attached hydrogen (secondary N) is 1. The Morgan fingerprint density at radius 2 is 2.05 bits per heavy atom. The van der Waals surface area contributed by atoms with Crippen molar-refractivity contribution >= 4 is 51.9 Å². The molecule has 0 saturated carbocycles. The number of aromatic carboxylic acids is 1. The minimum absolute atomic E-state index is 0.158. The van der Waals surface area contributed by atoms with Crippen molar-refractivity contribution in [3.63, 3.8) is 0 Å². The number of hydrogen-bond acceptors (Lipinski definition) is 4. The molecule has 0 aliphatic heterocycles. The molecule has 0 saturated heterocycles. The maximum absolute atomic E-state index is 11.9. The van der Waals surface area contributed by atoms with Crippen molar-refractivity contribution in [2.75, 3.05) is 11.1 Å². The van der Waals surface area contributed by atoms with E-state index in [0.29, 0.717) is 5.03 Å². The van der Waals surface area contributed by atoms with Crippen LogP contribution in [0, 0.1) is 3.57 Å². The highest BCUT2D eigenvalue weighted by Crippen LogP contribution is 2.19. The van der Waals surface area contributed by atoms with Crippen LogP contribution in [0.25, 0.3) is 0 Å². The number of carboxylic acid groups (broad SMARTS) is 1. The van der Waals surface area contributed by atoms with Crippen LogP contribution in [0.4, 0.5) is 5.69 Å². The number of aromatic nitrogens is 1. The number of halogens is 1. The van der Waals surface area contributed by atoms with E-state index in [4.69, 9.17) is 5.11 Å². The van der Waals surface area contributed by atoms with Crippen LogP contribution >= 0.6 is 34.4 Å². The number of carbonyl (C=O) groups excluding carboxylic acids is 1. The van der Waals surface area contributed by atoms with Crippen molar-refractivity contribution in [2.45, 2.75) is 5.03 Å². The number of amides is 1. The quantitative estimate of drug-likeness (QED) is 0.581. The molecule has 0 radical (unpaired) electrons. The van der Waals surface area contributed by atoms with E-state index in [1.165, 1.54) is 30.1 Å². The summed E-state index contributed by atoms with van der Waals surface area (Å²) in [7, 11) is 0. The number of hydrogen-bond donors (Lipinski definition) is 2. The normalized spacial score (nSPS) is 10.1.